The van der Waals surface area contributed by atoms with Gasteiger partial charge in [0.15, 0.2) is 5.82 Å². The maximum absolute atomic E-state index is 6.02. The fraction of sp³-hybridized carbons (Fsp3) is 0.467. The Balaban J connectivity index is 2.55. The van der Waals surface area contributed by atoms with E-state index in [-0.39, 0.29) is 5.41 Å². The average molecular weight is 389 g/mol. The molecule has 0 bridgehead atoms. The lowest BCUT2D eigenvalue weighted by Crippen LogP contribution is -2.17. The summed E-state index contributed by atoms with van der Waals surface area (Å²) in [7, 11) is 0. The number of halogens is 2. The molecule has 2 heterocycles. The molecule has 0 radical (unpaired) electrons. The van der Waals surface area contributed by atoms with Crippen LogP contribution in [0.1, 0.15) is 39.8 Å². The van der Waals surface area contributed by atoms with Crippen LogP contribution < -0.4 is 5.32 Å². The molecule has 1 N–H and O–H groups in total. The first-order valence-electron chi connectivity index (χ1n) is 6.89. The number of hydrogen-bond acceptors (Lipinski definition) is 4. The normalized spacial score (nSPS) is 11.7. The van der Waals surface area contributed by atoms with Crippen LogP contribution in [-0.2, 0) is 5.41 Å². The Morgan fingerprint density at radius 2 is 2.05 bits per heavy atom. The Kier molecular flexibility index (Phi) is 5.28. The molecular formula is C15H19BrClN3S. The van der Waals surface area contributed by atoms with Gasteiger partial charge in [-0.05, 0) is 28.4 Å². The Bertz CT molecular complexity index is 634. The quantitative estimate of drug-likeness (QED) is 0.725. The molecule has 114 valence electrons. The highest BCUT2D eigenvalue weighted by atomic mass is 79.9. The summed E-state index contributed by atoms with van der Waals surface area (Å²) < 4.78 is 0.940. The van der Waals surface area contributed by atoms with Crippen molar-refractivity contribution in [2.75, 3.05) is 11.9 Å². The van der Waals surface area contributed by atoms with Gasteiger partial charge in [-0.3, -0.25) is 0 Å². The van der Waals surface area contributed by atoms with Gasteiger partial charge in [-0.1, -0.05) is 39.3 Å². The highest BCUT2D eigenvalue weighted by Gasteiger charge is 2.24. The summed E-state index contributed by atoms with van der Waals surface area (Å²) in [6.07, 6.45) is 1.04. The van der Waals surface area contributed by atoms with Gasteiger partial charge in [0.25, 0.3) is 0 Å². The van der Waals surface area contributed by atoms with Gasteiger partial charge in [-0.2, -0.15) is 0 Å². The van der Waals surface area contributed by atoms with Crippen LogP contribution in [0.4, 0.5) is 5.82 Å². The van der Waals surface area contributed by atoms with Crippen molar-refractivity contribution in [2.24, 2.45) is 0 Å². The molecule has 0 aliphatic carbocycles. The van der Waals surface area contributed by atoms with E-state index >= 15 is 0 Å². The number of rotatable bonds is 4. The molecule has 0 fully saturated rings. The molecule has 0 saturated carbocycles. The monoisotopic (exact) mass is 387 g/mol. The van der Waals surface area contributed by atoms with Crippen LogP contribution in [0.25, 0.3) is 10.7 Å². The minimum Gasteiger partial charge on any atom is -0.369 e. The number of anilines is 1. The third-order valence-corrected chi connectivity index (χ3v) is 4.92. The van der Waals surface area contributed by atoms with Gasteiger partial charge in [0.2, 0.25) is 0 Å². The Hall–Kier alpha value is -0.650. The van der Waals surface area contributed by atoms with Gasteiger partial charge in [-0.15, -0.1) is 11.3 Å². The fourth-order valence-electron chi connectivity index (χ4n) is 1.85. The summed E-state index contributed by atoms with van der Waals surface area (Å²) in [5.74, 6) is 1.56. The molecule has 21 heavy (non-hydrogen) atoms. The lowest BCUT2D eigenvalue weighted by Gasteiger charge is -2.22. The maximum Gasteiger partial charge on any atom is 0.172 e. The average Bonchev–Trinajstić information content (AvgIpc) is 2.83. The molecule has 0 saturated heterocycles. The van der Waals surface area contributed by atoms with Crippen LogP contribution in [0, 0.1) is 0 Å². The summed E-state index contributed by atoms with van der Waals surface area (Å²) >= 11 is 11.2. The van der Waals surface area contributed by atoms with Gasteiger partial charge in [-0.25, -0.2) is 9.97 Å². The van der Waals surface area contributed by atoms with Crippen molar-refractivity contribution < 1.29 is 0 Å². The molecule has 0 unspecified atom stereocenters. The SMILES string of the molecule is CCCNc1nc(-c2cc(Cl)cs2)nc(C(C)(C)C)c1Br. The van der Waals surface area contributed by atoms with E-state index in [1.165, 1.54) is 0 Å². The van der Waals surface area contributed by atoms with E-state index in [1.807, 2.05) is 11.4 Å². The molecule has 3 nitrogen and oxygen atoms in total. The van der Waals surface area contributed by atoms with Gasteiger partial charge in [0.1, 0.15) is 5.82 Å². The minimum atomic E-state index is -0.0692. The first-order valence-corrected chi connectivity index (χ1v) is 8.94. The first kappa shape index (κ1) is 16.7. The molecule has 0 aromatic carbocycles. The molecule has 2 rings (SSSR count). The van der Waals surface area contributed by atoms with E-state index in [0.29, 0.717) is 0 Å². The molecule has 0 atom stereocenters. The predicted octanol–water partition coefficient (Wildman–Crippen LogP) is 5.74. The van der Waals surface area contributed by atoms with E-state index < -0.39 is 0 Å². The topological polar surface area (TPSA) is 37.8 Å². The predicted molar refractivity (Wildman–Crippen MR) is 95.5 cm³/mol. The third-order valence-electron chi connectivity index (χ3n) is 2.89. The highest BCUT2D eigenvalue weighted by molar-refractivity contribution is 9.10. The van der Waals surface area contributed by atoms with Gasteiger partial charge in [0, 0.05) is 17.3 Å². The molecule has 0 aliphatic rings. The van der Waals surface area contributed by atoms with Crippen molar-refractivity contribution in [1.82, 2.24) is 9.97 Å². The third kappa shape index (κ3) is 3.96. The van der Waals surface area contributed by atoms with Crippen molar-refractivity contribution in [2.45, 2.75) is 39.5 Å². The lowest BCUT2D eigenvalue weighted by molar-refractivity contribution is 0.564. The van der Waals surface area contributed by atoms with Gasteiger partial charge in [0.05, 0.1) is 20.1 Å². The molecular weight excluding hydrogens is 370 g/mol. The number of nitrogens with zero attached hydrogens (tertiary/aromatic N) is 2. The van der Waals surface area contributed by atoms with Crippen molar-refractivity contribution >= 4 is 44.7 Å². The number of nitrogens with one attached hydrogen (secondary N) is 1. The van der Waals surface area contributed by atoms with Crippen LogP contribution in [0.2, 0.25) is 5.02 Å². The van der Waals surface area contributed by atoms with Gasteiger partial charge >= 0.3 is 0 Å². The molecule has 0 amide bonds. The summed E-state index contributed by atoms with van der Waals surface area (Å²) in [5.41, 5.74) is 0.927. The zero-order chi connectivity index (χ0) is 15.6. The van der Waals surface area contributed by atoms with E-state index in [2.05, 4.69) is 53.9 Å². The zero-order valence-corrected chi connectivity index (χ0v) is 15.8. The Morgan fingerprint density at radius 1 is 1.33 bits per heavy atom. The largest absolute Gasteiger partial charge is 0.369 e. The second kappa shape index (κ2) is 6.63. The second-order valence-corrected chi connectivity index (χ2v) is 8.01. The number of thiophene rings is 1. The smallest absolute Gasteiger partial charge is 0.172 e. The van der Waals surface area contributed by atoms with Crippen LogP contribution in [-0.4, -0.2) is 16.5 Å². The van der Waals surface area contributed by atoms with Crippen molar-refractivity contribution in [3.8, 4) is 10.7 Å². The van der Waals surface area contributed by atoms with Gasteiger partial charge < -0.3 is 5.32 Å². The lowest BCUT2D eigenvalue weighted by atomic mass is 9.92. The van der Waals surface area contributed by atoms with Crippen molar-refractivity contribution in [3.05, 3.63) is 26.6 Å². The second-order valence-electron chi connectivity index (χ2n) is 5.86. The summed E-state index contributed by atoms with van der Waals surface area (Å²) in [4.78, 5) is 10.4. The Labute approximate surface area is 143 Å². The standard InChI is InChI=1S/C15H19BrClN3S/c1-5-6-18-14-11(16)12(15(2,3)4)19-13(20-14)10-7-9(17)8-21-10/h7-8H,5-6H2,1-4H3,(H,18,19,20). The Morgan fingerprint density at radius 3 is 2.57 bits per heavy atom. The van der Waals surface area contributed by atoms with Crippen LogP contribution in [0.15, 0.2) is 15.9 Å². The van der Waals surface area contributed by atoms with Crippen molar-refractivity contribution in [1.29, 1.82) is 0 Å². The van der Waals surface area contributed by atoms with Crippen LogP contribution >= 0.6 is 38.9 Å². The number of hydrogen-bond donors (Lipinski definition) is 1. The molecule has 0 spiro atoms. The van der Waals surface area contributed by atoms with Crippen LogP contribution in [0.5, 0.6) is 0 Å². The fourth-order valence-corrected chi connectivity index (χ4v) is 3.76. The minimum absolute atomic E-state index is 0.0692. The first-order chi connectivity index (χ1) is 9.82. The number of aromatic nitrogens is 2. The van der Waals surface area contributed by atoms with E-state index in [9.17, 15) is 0 Å². The molecule has 2 aromatic rings. The zero-order valence-electron chi connectivity index (χ0n) is 12.6. The summed E-state index contributed by atoms with van der Waals surface area (Å²) in [6.45, 7) is 9.45. The highest BCUT2D eigenvalue weighted by Crippen LogP contribution is 2.36. The molecule has 0 aliphatic heterocycles. The molecule has 2 aromatic heterocycles. The van der Waals surface area contributed by atoms with E-state index in [4.69, 9.17) is 16.6 Å². The summed E-state index contributed by atoms with van der Waals surface area (Å²) in [6, 6.07) is 1.91. The van der Waals surface area contributed by atoms with Crippen molar-refractivity contribution in [3.63, 3.8) is 0 Å². The van der Waals surface area contributed by atoms with E-state index in [0.717, 1.165) is 44.7 Å². The summed E-state index contributed by atoms with van der Waals surface area (Å²) in [5, 5.41) is 5.99. The maximum atomic E-state index is 6.02. The molecule has 6 heteroatoms. The van der Waals surface area contributed by atoms with Crippen LogP contribution in [0.3, 0.4) is 0 Å². The van der Waals surface area contributed by atoms with E-state index in [1.54, 1.807) is 11.3 Å².